The molecule has 0 saturated carbocycles. The minimum atomic E-state index is -0.839. The smallest absolute Gasteiger partial charge is 0.154 e. The third-order valence-electron chi connectivity index (χ3n) is 5.53. The number of hydrogen-bond acceptors (Lipinski definition) is 4. The van der Waals surface area contributed by atoms with Gasteiger partial charge >= 0.3 is 0 Å². The van der Waals surface area contributed by atoms with E-state index in [1.54, 1.807) is 6.92 Å². The third-order valence-corrected chi connectivity index (χ3v) is 5.99. The Labute approximate surface area is 172 Å². The monoisotopic (exact) mass is 406 g/mol. The molecule has 1 aliphatic heterocycles. The van der Waals surface area contributed by atoms with Crippen molar-refractivity contribution >= 4 is 17.9 Å². The van der Waals surface area contributed by atoms with Crippen LogP contribution in [0, 0.1) is 6.92 Å². The molecule has 0 radical (unpaired) electrons. The maximum Gasteiger partial charge on any atom is 0.154 e. The van der Waals surface area contributed by atoms with Crippen LogP contribution in [0.25, 0.3) is 0 Å². The first-order valence-corrected chi connectivity index (χ1v) is 10.1. The normalized spacial score (nSPS) is 21.7. The van der Waals surface area contributed by atoms with Gasteiger partial charge in [0.15, 0.2) is 6.29 Å². The maximum atomic E-state index is 11.6. The molecule has 0 saturated heterocycles. The molecule has 0 aliphatic carbocycles. The summed E-state index contributed by atoms with van der Waals surface area (Å²) in [5.74, 6) is 0.224. The summed E-state index contributed by atoms with van der Waals surface area (Å²) in [7, 11) is 0. The van der Waals surface area contributed by atoms with E-state index in [2.05, 4.69) is 32.9 Å². The highest BCUT2D eigenvalue weighted by atomic mass is 35.5. The van der Waals surface area contributed by atoms with Gasteiger partial charge in [-0.05, 0) is 65.9 Å². The van der Waals surface area contributed by atoms with E-state index in [4.69, 9.17) is 16.3 Å². The van der Waals surface area contributed by atoms with Crippen molar-refractivity contribution in [1.82, 2.24) is 0 Å². The van der Waals surface area contributed by atoms with Gasteiger partial charge in [0.05, 0.1) is 16.7 Å². The Hall–Kier alpha value is -1.78. The average Bonchev–Trinajstić information content (AvgIpc) is 2.62. The summed E-state index contributed by atoms with van der Waals surface area (Å²) >= 11 is 6.14. The number of aliphatic hydroxyl groups excluding tert-OH is 1. The molecule has 154 valence electrons. The fourth-order valence-electron chi connectivity index (χ4n) is 3.54. The molecular weight excluding hydrogens is 376 g/mol. The fourth-order valence-corrected chi connectivity index (χ4v) is 3.76. The first kappa shape index (κ1) is 22.5. The van der Waals surface area contributed by atoms with Crippen LogP contribution in [0.1, 0.15) is 74.9 Å². The fraction of sp³-hybridized carbons (Fsp3) is 0.522. The summed E-state index contributed by atoms with van der Waals surface area (Å²) in [6.45, 7) is 9.83. The molecule has 1 aromatic rings. The van der Waals surface area contributed by atoms with Crippen LogP contribution in [-0.2, 0) is 6.42 Å². The van der Waals surface area contributed by atoms with Crippen LogP contribution in [0.4, 0.5) is 0 Å². The van der Waals surface area contributed by atoms with Crippen molar-refractivity contribution in [2.75, 3.05) is 0 Å². The third kappa shape index (κ3) is 4.79. The molecule has 5 heteroatoms. The van der Waals surface area contributed by atoms with Crippen LogP contribution in [0.3, 0.4) is 0 Å². The van der Waals surface area contributed by atoms with Crippen LogP contribution in [0.5, 0.6) is 11.5 Å². The summed E-state index contributed by atoms with van der Waals surface area (Å²) in [4.78, 5) is 11.6. The number of aromatic hydroxyl groups is 1. The van der Waals surface area contributed by atoms with E-state index in [1.807, 2.05) is 6.92 Å². The molecule has 1 aromatic carbocycles. The van der Waals surface area contributed by atoms with Gasteiger partial charge in [0.25, 0.3) is 0 Å². The number of rotatable bonds is 7. The van der Waals surface area contributed by atoms with Crippen molar-refractivity contribution < 1.29 is 19.7 Å². The van der Waals surface area contributed by atoms with Gasteiger partial charge in [-0.15, -0.1) is 0 Å². The lowest BCUT2D eigenvalue weighted by atomic mass is 9.84. The van der Waals surface area contributed by atoms with Gasteiger partial charge in [0, 0.05) is 12.0 Å². The molecule has 2 rings (SSSR count). The zero-order valence-electron chi connectivity index (χ0n) is 17.4. The quantitative estimate of drug-likeness (QED) is 0.450. The number of carbonyl (C=O) groups is 1. The predicted octanol–water partition coefficient (Wildman–Crippen LogP) is 5.69. The topological polar surface area (TPSA) is 66.8 Å². The van der Waals surface area contributed by atoms with Crippen LogP contribution < -0.4 is 4.74 Å². The van der Waals surface area contributed by atoms with Gasteiger partial charge in [0.2, 0.25) is 0 Å². The number of hydrogen-bond donors (Lipinski definition) is 2. The summed E-state index contributed by atoms with van der Waals surface area (Å²) in [6.07, 6.45) is 7.90. The zero-order chi connectivity index (χ0) is 21.1. The lowest BCUT2D eigenvalue weighted by molar-refractivity contribution is -0.0595. The Bertz CT molecular complexity index is 806. The Morgan fingerprint density at radius 2 is 1.96 bits per heavy atom. The van der Waals surface area contributed by atoms with E-state index in [1.165, 1.54) is 11.1 Å². The summed E-state index contributed by atoms with van der Waals surface area (Å²) in [5.41, 5.74) is 3.01. The number of halogens is 1. The molecule has 0 bridgehead atoms. The van der Waals surface area contributed by atoms with Crippen molar-refractivity contribution in [3.8, 4) is 11.5 Å². The number of carbonyl (C=O) groups excluding carboxylic acids is 1. The van der Waals surface area contributed by atoms with E-state index in [0.717, 1.165) is 19.3 Å². The van der Waals surface area contributed by atoms with Crippen molar-refractivity contribution in [1.29, 1.82) is 0 Å². The highest BCUT2D eigenvalue weighted by Crippen LogP contribution is 2.46. The van der Waals surface area contributed by atoms with Crippen LogP contribution >= 0.6 is 11.6 Å². The molecule has 2 atom stereocenters. The van der Waals surface area contributed by atoms with E-state index in [9.17, 15) is 15.0 Å². The van der Waals surface area contributed by atoms with Crippen molar-refractivity contribution in [2.45, 2.75) is 78.4 Å². The molecule has 1 heterocycles. The average molecular weight is 407 g/mol. The second-order valence-corrected chi connectivity index (χ2v) is 8.55. The number of allylic oxidation sites excluding steroid dienone is 4. The van der Waals surface area contributed by atoms with Gasteiger partial charge in [-0.1, -0.05) is 34.9 Å². The molecule has 2 unspecified atom stereocenters. The molecule has 2 N–H and O–H groups in total. The number of aldehydes is 1. The number of benzene rings is 1. The van der Waals surface area contributed by atoms with Crippen LogP contribution in [-0.4, -0.2) is 28.2 Å². The maximum absolute atomic E-state index is 11.6. The lowest BCUT2D eigenvalue weighted by Crippen LogP contribution is -2.49. The van der Waals surface area contributed by atoms with Gasteiger partial charge in [0.1, 0.15) is 17.1 Å². The minimum absolute atomic E-state index is 0.115. The number of aliphatic hydroxyl groups is 1. The molecule has 4 nitrogen and oxygen atoms in total. The summed E-state index contributed by atoms with van der Waals surface area (Å²) in [5, 5.41) is 21.2. The summed E-state index contributed by atoms with van der Waals surface area (Å²) < 4.78 is 6.13. The van der Waals surface area contributed by atoms with Crippen molar-refractivity contribution in [2.24, 2.45) is 0 Å². The molecule has 1 aliphatic rings. The Morgan fingerprint density at radius 1 is 1.29 bits per heavy atom. The SMILES string of the molecule is CC(C)=CCCC(C)=CCCC1(C)Oc2c(C=O)c(C)c(Cl)c(O)c2CC1O. The van der Waals surface area contributed by atoms with Gasteiger partial charge < -0.3 is 14.9 Å². The molecule has 0 aromatic heterocycles. The van der Waals surface area contributed by atoms with Crippen LogP contribution in [0.15, 0.2) is 23.3 Å². The molecule has 0 spiro atoms. The van der Waals surface area contributed by atoms with Crippen molar-refractivity contribution in [3.63, 3.8) is 0 Å². The van der Waals surface area contributed by atoms with Crippen LogP contribution in [0.2, 0.25) is 5.02 Å². The number of phenolic OH excluding ortho intramolecular Hbond substituents is 1. The molecule has 0 fully saturated rings. The second kappa shape index (κ2) is 9.15. The minimum Gasteiger partial charge on any atom is -0.506 e. The van der Waals surface area contributed by atoms with Crippen molar-refractivity contribution in [3.05, 3.63) is 45.0 Å². The van der Waals surface area contributed by atoms with E-state index in [0.29, 0.717) is 35.1 Å². The Morgan fingerprint density at radius 3 is 2.57 bits per heavy atom. The standard InChI is InChI=1S/C23H31ClO4/c1-14(2)8-6-9-15(3)10-7-11-23(5)19(26)12-17-21(27)20(24)16(4)18(13-25)22(17)28-23/h8,10,13,19,26-27H,6-7,9,11-12H2,1-5H3. The highest BCUT2D eigenvalue weighted by Gasteiger charge is 2.42. The first-order valence-electron chi connectivity index (χ1n) is 9.75. The first-order chi connectivity index (χ1) is 13.1. The van der Waals surface area contributed by atoms with E-state index in [-0.39, 0.29) is 17.2 Å². The van der Waals surface area contributed by atoms with Gasteiger partial charge in [-0.2, -0.15) is 0 Å². The highest BCUT2D eigenvalue weighted by molar-refractivity contribution is 6.33. The molecule has 0 amide bonds. The predicted molar refractivity (Wildman–Crippen MR) is 114 cm³/mol. The number of phenols is 1. The Balaban J connectivity index is 2.18. The molecule has 28 heavy (non-hydrogen) atoms. The lowest BCUT2D eigenvalue weighted by Gasteiger charge is -2.41. The van der Waals surface area contributed by atoms with E-state index >= 15 is 0 Å². The van der Waals surface area contributed by atoms with Gasteiger partial charge in [-0.3, -0.25) is 4.79 Å². The second-order valence-electron chi connectivity index (χ2n) is 8.17. The number of ether oxygens (including phenoxy) is 1. The van der Waals surface area contributed by atoms with E-state index < -0.39 is 11.7 Å². The largest absolute Gasteiger partial charge is 0.506 e. The number of fused-ring (bicyclic) bond motifs is 1. The Kier molecular flexibility index (Phi) is 7.35. The zero-order valence-corrected chi connectivity index (χ0v) is 18.2. The van der Waals surface area contributed by atoms with Gasteiger partial charge in [-0.25, -0.2) is 0 Å². The molecular formula is C23H31ClO4. The summed E-state index contributed by atoms with van der Waals surface area (Å²) in [6, 6.07) is 0.